The average Bonchev–Trinajstić information content (AvgIpc) is 3.50. The fourth-order valence-corrected chi connectivity index (χ4v) is 4.69. The molecule has 0 unspecified atom stereocenters. The Bertz CT molecular complexity index is 1580. The monoisotopic (exact) mass is 505 g/mol. The first-order chi connectivity index (χ1) is 16.9. The van der Waals surface area contributed by atoms with Gasteiger partial charge in [-0.1, -0.05) is 52.7 Å². The Labute approximate surface area is 207 Å². The van der Waals surface area contributed by atoms with Crippen LogP contribution in [0, 0.1) is 6.92 Å². The van der Waals surface area contributed by atoms with Gasteiger partial charge in [-0.05, 0) is 55.0 Å². The van der Waals surface area contributed by atoms with Crippen LogP contribution in [0.1, 0.15) is 11.1 Å². The zero-order valence-electron chi connectivity index (χ0n) is 18.6. The lowest BCUT2D eigenvalue weighted by Gasteiger charge is -2.09. The SMILES string of the molecule is Cc1cccc(-c2noc(-c3cn(Cc4ccc(NS(=O)(=O)c5ccc(Cl)cc5)cc4)cn3)n2)c1. The van der Waals surface area contributed by atoms with Crippen LogP contribution in [0.25, 0.3) is 23.0 Å². The second-order valence-corrected chi connectivity index (χ2v) is 10.1. The summed E-state index contributed by atoms with van der Waals surface area (Å²) in [5.41, 5.74) is 4.00. The van der Waals surface area contributed by atoms with E-state index in [9.17, 15) is 8.42 Å². The summed E-state index contributed by atoms with van der Waals surface area (Å²) in [4.78, 5) is 8.98. The summed E-state index contributed by atoms with van der Waals surface area (Å²) in [6, 6.07) is 21.0. The predicted octanol–water partition coefficient (Wildman–Crippen LogP) is 5.41. The second-order valence-electron chi connectivity index (χ2n) is 7.98. The number of imidazole rings is 1. The Hall–Kier alpha value is -3.95. The topological polar surface area (TPSA) is 103 Å². The van der Waals surface area contributed by atoms with E-state index in [1.54, 1.807) is 18.5 Å². The molecule has 5 rings (SSSR count). The van der Waals surface area contributed by atoms with Gasteiger partial charge in [0.05, 0.1) is 11.2 Å². The molecule has 0 aliphatic heterocycles. The zero-order valence-corrected chi connectivity index (χ0v) is 20.2. The Balaban J connectivity index is 1.26. The van der Waals surface area contributed by atoms with Gasteiger partial charge in [0.15, 0.2) is 0 Å². The molecule has 176 valence electrons. The molecule has 0 atom stereocenters. The lowest BCUT2D eigenvalue weighted by Crippen LogP contribution is -2.12. The van der Waals surface area contributed by atoms with Gasteiger partial charge >= 0.3 is 0 Å². The molecule has 0 saturated heterocycles. The van der Waals surface area contributed by atoms with Crippen molar-refractivity contribution in [2.75, 3.05) is 4.72 Å². The normalized spacial score (nSPS) is 11.5. The number of nitrogens with one attached hydrogen (secondary N) is 1. The smallest absolute Gasteiger partial charge is 0.278 e. The second kappa shape index (κ2) is 9.36. The Morgan fingerprint density at radius 2 is 1.80 bits per heavy atom. The minimum Gasteiger partial charge on any atom is -0.332 e. The van der Waals surface area contributed by atoms with Crippen LogP contribution in [0.5, 0.6) is 0 Å². The van der Waals surface area contributed by atoms with Crippen LogP contribution in [0.3, 0.4) is 0 Å². The molecular weight excluding hydrogens is 486 g/mol. The van der Waals surface area contributed by atoms with Crippen molar-refractivity contribution in [1.82, 2.24) is 19.7 Å². The first-order valence-corrected chi connectivity index (χ1v) is 12.5. The van der Waals surface area contributed by atoms with Gasteiger partial charge in [0.2, 0.25) is 5.82 Å². The van der Waals surface area contributed by atoms with E-state index in [0.29, 0.717) is 34.7 Å². The Kier molecular flexibility index (Phi) is 6.10. The van der Waals surface area contributed by atoms with Crippen LogP contribution in [0.2, 0.25) is 5.02 Å². The van der Waals surface area contributed by atoms with Crippen LogP contribution in [0.4, 0.5) is 5.69 Å². The fraction of sp³-hybridized carbons (Fsp3) is 0.0800. The summed E-state index contributed by atoms with van der Waals surface area (Å²) in [6.07, 6.45) is 3.51. The van der Waals surface area contributed by atoms with Crippen molar-refractivity contribution in [3.8, 4) is 23.0 Å². The average molecular weight is 506 g/mol. The van der Waals surface area contributed by atoms with Gasteiger partial charge in [-0.25, -0.2) is 13.4 Å². The van der Waals surface area contributed by atoms with E-state index in [1.807, 2.05) is 54.1 Å². The lowest BCUT2D eigenvalue weighted by molar-refractivity contribution is 0.431. The summed E-state index contributed by atoms with van der Waals surface area (Å²) >= 11 is 5.84. The number of anilines is 1. The number of aryl methyl sites for hydroxylation is 1. The molecule has 35 heavy (non-hydrogen) atoms. The number of benzene rings is 3. The van der Waals surface area contributed by atoms with Crippen molar-refractivity contribution in [3.05, 3.63) is 101 Å². The lowest BCUT2D eigenvalue weighted by atomic mass is 10.1. The zero-order chi connectivity index (χ0) is 24.4. The molecule has 2 aromatic heterocycles. The van der Waals surface area contributed by atoms with E-state index in [4.69, 9.17) is 16.1 Å². The highest BCUT2D eigenvalue weighted by Crippen LogP contribution is 2.23. The molecule has 0 aliphatic rings. The van der Waals surface area contributed by atoms with E-state index in [-0.39, 0.29) is 4.90 Å². The van der Waals surface area contributed by atoms with Gasteiger partial charge in [0, 0.05) is 29.0 Å². The van der Waals surface area contributed by atoms with E-state index in [0.717, 1.165) is 16.7 Å². The molecule has 0 amide bonds. The van der Waals surface area contributed by atoms with Crippen molar-refractivity contribution < 1.29 is 12.9 Å². The number of sulfonamides is 1. The van der Waals surface area contributed by atoms with Gasteiger partial charge in [-0.15, -0.1) is 0 Å². The van der Waals surface area contributed by atoms with Crippen molar-refractivity contribution in [3.63, 3.8) is 0 Å². The number of rotatable bonds is 7. The number of hydrogen-bond acceptors (Lipinski definition) is 6. The van der Waals surface area contributed by atoms with Crippen LogP contribution in [-0.4, -0.2) is 28.1 Å². The highest BCUT2D eigenvalue weighted by Gasteiger charge is 2.15. The Morgan fingerprint density at radius 1 is 1.03 bits per heavy atom. The standard InChI is InChI=1S/C25H20ClN5O3S/c1-17-3-2-4-19(13-17)24-28-25(34-29-24)23-15-31(16-27-23)14-18-5-9-21(10-6-18)30-35(32,33)22-11-7-20(26)8-12-22/h2-13,15-16,30H,14H2,1H3. The minimum absolute atomic E-state index is 0.142. The first-order valence-electron chi connectivity index (χ1n) is 10.7. The van der Waals surface area contributed by atoms with E-state index in [2.05, 4.69) is 19.8 Å². The summed E-state index contributed by atoms with van der Waals surface area (Å²) in [7, 11) is -3.70. The molecule has 2 heterocycles. The maximum Gasteiger partial charge on any atom is 0.278 e. The van der Waals surface area contributed by atoms with Crippen LogP contribution in [0.15, 0.2) is 94.7 Å². The molecule has 0 radical (unpaired) electrons. The third kappa shape index (κ3) is 5.26. The molecular formula is C25H20ClN5O3S. The van der Waals surface area contributed by atoms with E-state index < -0.39 is 10.0 Å². The minimum atomic E-state index is -3.70. The quantitative estimate of drug-likeness (QED) is 0.317. The fourth-order valence-electron chi connectivity index (χ4n) is 3.50. The maximum atomic E-state index is 12.5. The largest absolute Gasteiger partial charge is 0.332 e. The van der Waals surface area contributed by atoms with Gasteiger partial charge in [-0.2, -0.15) is 4.98 Å². The van der Waals surface area contributed by atoms with Crippen molar-refractivity contribution in [1.29, 1.82) is 0 Å². The number of nitrogens with zero attached hydrogens (tertiary/aromatic N) is 4. The molecule has 8 nitrogen and oxygen atoms in total. The number of aromatic nitrogens is 4. The molecule has 0 fully saturated rings. The van der Waals surface area contributed by atoms with E-state index >= 15 is 0 Å². The number of halogens is 1. The summed E-state index contributed by atoms with van der Waals surface area (Å²) < 4.78 is 35.0. The van der Waals surface area contributed by atoms with Crippen LogP contribution < -0.4 is 4.72 Å². The predicted molar refractivity (Wildman–Crippen MR) is 133 cm³/mol. The first kappa shape index (κ1) is 22.8. The third-order valence-corrected chi connectivity index (χ3v) is 6.90. The van der Waals surface area contributed by atoms with Crippen molar-refractivity contribution >= 4 is 27.3 Å². The molecule has 10 heteroatoms. The third-order valence-electron chi connectivity index (χ3n) is 5.25. The van der Waals surface area contributed by atoms with Crippen molar-refractivity contribution in [2.45, 2.75) is 18.4 Å². The summed E-state index contributed by atoms with van der Waals surface area (Å²) in [5.74, 6) is 0.849. The highest BCUT2D eigenvalue weighted by atomic mass is 35.5. The molecule has 3 aromatic carbocycles. The molecule has 0 spiro atoms. The van der Waals surface area contributed by atoms with Crippen LogP contribution >= 0.6 is 11.6 Å². The Morgan fingerprint density at radius 3 is 2.54 bits per heavy atom. The van der Waals surface area contributed by atoms with Gasteiger partial charge in [-0.3, -0.25) is 4.72 Å². The van der Waals surface area contributed by atoms with Gasteiger partial charge < -0.3 is 9.09 Å². The molecule has 0 saturated carbocycles. The molecule has 0 aliphatic carbocycles. The van der Waals surface area contributed by atoms with Crippen LogP contribution in [-0.2, 0) is 16.6 Å². The summed E-state index contributed by atoms with van der Waals surface area (Å²) in [5, 5.41) is 4.54. The molecule has 5 aromatic rings. The molecule has 1 N–H and O–H groups in total. The number of hydrogen-bond donors (Lipinski definition) is 1. The van der Waals surface area contributed by atoms with E-state index in [1.165, 1.54) is 24.3 Å². The van der Waals surface area contributed by atoms with Crippen molar-refractivity contribution in [2.24, 2.45) is 0 Å². The van der Waals surface area contributed by atoms with Gasteiger partial charge in [0.1, 0.15) is 5.69 Å². The molecule has 0 bridgehead atoms. The summed E-state index contributed by atoms with van der Waals surface area (Å²) in [6.45, 7) is 2.55. The maximum absolute atomic E-state index is 12.5. The highest BCUT2D eigenvalue weighted by molar-refractivity contribution is 7.92. The van der Waals surface area contributed by atoms with Gasteiger partial charge in [0.25, 0.3) is 15.9 Å².